The number of amides is 3. The molecule has 79 heavy (non-hydrogen) atoms. The zero-order valence-corrected chi connectivity index (χ0v) is 45.0. The summed E-state index contributed by atoms with van der Waals surface area (Å²) >= 11 is 0. The highest BCUT2D eigenvalue weighted by atomic mass is 19.1. The number of nitrogens with one attached hydrogen (secondary N) is 1. The van der Waals surface area contributed by atoms with Crippen molar-refractivity contribution in [1.82, 2.24) is 44.7 Å². The van der Waals surface area contributed by atoms with Crippen molar-refractivity contribution < 1.29 is 37.4 Å². The molecule has 3 aromatic heterocycles. The number of carbonyl (C=O) groups is 3. The molecule has 6 fully saturated rings. The Morgan fingerprint density at radius 2 is 1.81 bits per heavy atom. The molecule has 17 nitrogen and oxygen atoms in total. The van der Waals surface area contributed by atoms with Crippen molar-refractivity contribution in [1.29, 1.82) is 0 Å². The quantitative estimate of drug-likeness (QED) is 0.106. The number of rotatable bonds is 10. The van der Waals surface area contributed by atoms with E-state index in [1.54, 1.807) is 18.2 Å². The molecule has 7 aliphatic heterocycles. The number of imide groups is 1. The van der Waals surface area contributed by atoms with Gasteiger partial charge in [0, 0.05) is 100.0 Å². The molecule has 1 unspecified atom stereocenters. The number of likely N-dealkylation sites (tertiary alicyclic amines) is 1. The van der Waals surface area contributed by atoms with Gasteiger partial charge >= 0.3 is 12.1 Å². The lowest BCUT2D eigenvalue weighted by molar-refractivity contribution is -0.134. The smallest absolute Gasteiger partial charge is 0.409 e. The summed E-state index contributed by atoms with van der Waals surface area (Å²) in [5.74, 6) is 1.43. The Kier molecular flexibility index (Phi) is 13.6. The van der Waals surface area contributed by atoms with E-state index in [0.717, 1.165) is 100.0 Å². The molecule has 412 valence electrons. The van der Waals surface area contributed by atoms with Gasteiger partial charge in [-0.1, -0.05) is 30.2 Å². The van der Waals surface area contributed by atoms with Gasteiger partial charge in [-0.3, -0.25) is 29.4 Å². The maximum Gasteiger partial charge on any atom is 0.409 e. The SMILES string of the molecule is C#Cc1c(F)ccc2cccc(-c3nc4c5c(nc(OC[C@@]67CCCN6[C@H](COC(=O)N6CCC(CN8CCN(c9ccc%10c(C%11CCC(=O)NC%11=O)nn(C)c%10c9)C[C@@H]8C)CC6)CC7)nc5c3F)N3CCCOC[C@@H]3CC4)c12. The van der Waals surface area contributed by atoms with E-state index in [-0.39, 0.29) is 58.3 Å². The van der Waals surface area contributed by atoms with Crippen LogP contribution < -0.4 is 19.9 Å². The second kappa shape index (κ2) is 20.9. The Balaban J connectivity index is 0.638. The maximum absolute atomic E-state index is 17.5. The Hall–Kier alpha value is -7.01. The van der Waals surface area contributed by atoms with Gasteiger partial charge in [0.1, 0.15) is 36.1 Å². The lowest BCUT2D eigenvalue weighted by Gasteiger charge is -2.43. The van der Waals surface area contributed by atoms with E-state index >= 15 is 8.78 Å². The number of nitrogens with zero attached hydrogens (tertiary/aromatic N) is 10. The van der Waals surface area contributed by atoms with Crippen LogP contribution in [-0.4, -0.2) is 160 Å². The summed E-state index contributed by atoms with van der Waals surface area (Å²) in [4.78, 5) is 64.6. The van der Waals surface area contributed by atoms with Crippen LogP contribution in [0.2, 0.25) is 0 Å². The van der Waals surface area contributed by atoms with Crippen molar-refractivity contribution in [3.63, 3.8) is 0 Å². The minimum atomic E-state index is -0.642. The second-order valence-electron chi connectivity index (χ2n) is 23.1. The maximum atomic E-state index is 17.5. The second-order valence-corrected chi connectivity index (χ2v) is 23.1. The zero-order chi connectivity index (χ0) is 54.1. The zero-order valence-electron chi connectivity index (χ0n) is 45.0. The molecule has 5 atom stereocenters. The monoisotopic (exact) mass is 1080 g/mol. The van der Waals surface area contributed by atoms with Crippen LogP contribution in [0.15, 0.2) is 48.5 Å². The third-order valence-corrected chi connectivity index (χ3v) is 18.5. The van der Waals surface area contributed by atoms with Crippen molar-refractivity contribution in [2.75, 3.05) is 88.6 Å². The normalized spacial score (nSPS) is 25.1. The molecule has 1 N–H and O–H groups in total. The molecule has 0 spiro atoms. The van der Waals surface area contributed by atoms with Gasteiger partial charge in [0.05, 0.1) is 52.0 Å². The number of pyridine rings is 1. The van der Waals surface area contributed by atoms with E-state index in [2.05, 4.69) is 56.0 Å². The molecule has 10 heterocycles. The van der Waals surface area contributed by atoms with Crippen LogP contribution in [-0.2, 0) is 32.5 Å². The van der Waals surface area contributed by atoms with Crippen molar-refractivity contribution in [3.8, 4) is 29.6 Å². The number of ether oxygens (including phenoxy) is 3. The van der Waals surface area contributed by atoms with Crippen LogP contribution in [0.25, 0.3) is 43.8 Å². The van der Waals surface area contributed by atoms with E-state index < -0.39 is 17.6 Å². The average molecular weight is 1080 g/mol. The van der Waals surface area contributed by atoms with Crippen LogP contribution >= 0.6 is 0 Å². The van der Waals surface area contributed by atoms with Gasteiger partial charge in [0.15, 0.2) is 5.82 Å². The van der Waals surface area contributed by atoms with Gasteiger partial charge in [0.25, 0.3) is 0 Å². The number of terminal acetylenes is 1. The molecule has 0 radical (unpaired) electrons. The number of halogens is 2. The summed E-state index contributed by atoms with van der Waals surface area (Å²) in [6.07, 6.45) is 13.9. The Labute approximate surface area is 457 Å². The Morgan fingerprint density at radius 3 is 2.65 bits per heavy atom. The number of carbonyl (C=O) groups excluding carboxylic acids is 3. The van der Waals surface area contributed by atoms with Gasteiger partial charge in [-0.2, -0.15) is 15.1 Å². The standard InChI is InChI=1S/C60H67F2N11O6/c1-4-42-46(61)15-10-38-8-5-9-44(50(38)42)54-52(62)55-51-47(63-54)16-12-40-33-77-29-7-23-72(40)56(51)66-58(65-55)79-35-60-21-6-24-73(60)41(18-22-60)34-78-59(76)69-25-19-37(20-26-69)32-70-27-28-71(31-36(70)2)39-11-13-43-48(30-39)68(3)67-53(43)45-14-17-49(74)64-57(45)75/h1,5,8-11,13,15,30,36-37,40-41,45H,6-7,12,14,16-29,31-35H2,2-3H3,(H,64,74,75)/t36-,40-,41-,45?,60-/m0/s1. The minimum Gasteiger partial charge on any atom is -0.461 e. The molecule has 7 aliphatic rings. The fourth-order valence-corrected chi connectivity index (χ4v) is 14.2. The number of piperidine rings is 2. The lowest BCUT2D eigenvalue weighted by atomic mass is 9.92. The number of aryl methyl sites for hydroxylation is 2. The van der Waals surface area contributed by atoms with E-state index in [4.69, 9.17) is 40.7 Å². The summed E-state index contributed by atoms with van der Waals surface area (Å²) in [6, 6.07) is 15.2. The first-order valence-corrected chi connectivity index (χ1v) is 28.5. The van der Waals surface area contributed by atoms with Gasteiger partial charge in [-0.05, 0) is 113 Å². The number of hydrogen-bond acceptors (Lipinski definition) is 14. The van der Waals surface area contributed by atoms with E-state index in [1.807, 2.05) is 22.7 Å². The number of hydrogen-bond donors (Lipinski definition) is 1. The van der Waals surface area contributed by atoms with Crippen LogP contribution in [0.3, 0.4) is 0 Å². The highest BCUT2D eigenvalue weighted by Crippen LogP contribution is 2.45. The largest absolute Gasteiger partial charge is 0.461 e. The molecular weight excluding hydrogens is 1010 g/mol. The number of anilines is 2. The van der Waals surface area contributed by atoms with Crippen molar-refractivity contribution >= 4 is 62.0 Å². The summed E-state index contributed by atoms with van der Waals surface area (Å²) in [5, 5.41) is 9.82. The molecule has 6 saturated heterocycles. The number of benzene rings is 3. The van der Waals surface area contributed by atoms with Gasteiger partial charge < -0.3 is 28.9 Å². The van der Waals surface area contributed by atoms with E-state index in [9.17, 15) is 14.4 Å². The van der Waals surface area contributed by atoms with Crippen molar-refractivity contribution in [2.45, 2.75) is 107 Å². The van der Waals surface area contributed by atoms with Gasteiger partial charge in [-0.25, -0.2) is 18.6 Å². The third-order valence-electron chi connectivity index (χ3n) is 18.5. The molecule has 0 saturated carbocycles. The predicted molar refractivity (Wildman–Crippen MR) is 295 cm³/mol. The van der Waals surface area contributed by atoms with Crippen molar-refractivity contribution in [3.05, 3.63) is 77.1 Å². The van der Waals surface area contributed by atoms with Crippen LogP contribution in [0.4, 0.5) is 25.1 Å². The topological polar surface area (TPSA) is 164 Å². The summed E-state index contributed by atoms with van der Waals surface area (Å²) in [6.45, 7) is 10.6. The van der Waals surface area contributed by atoms with E-state index in [1.165, 1.54) is 6.07 Å². The van der Waals surface area contributed by atoms with Crippen LogP contribution in [0.1, 0.15) is 94.0 Å². The Bertz CT molecular complexity index is 3450. The summed E-state index contributed by atoms with van der Waals surface area (Å²) < 4.78 is 53.3. The Morgan fingerprint density at radius 1 is 0.937 bits per heavy atom. The minimum absolute atomic E-state index is 0.00570. The average Bonchev–Trinajstić information content (AvgIpc) is 4.26. The molecule has 3 amide bonds. The van der Waals surface area contributed by atoms with Gasteiger partial charge in [0.2, 0.25) is 11.8 Å². The number of piperazine rings is 1. The molecule has 6 aromatic rings. The first-order valence-electron chi connectivity index (χ1n) is 28.5. The molecule has 19 heteroatoms. The highest BCUT2D eigenvalue weighted by Gasteiger charge is 2.50. The fourth-order valence-electron chi connectivity index (χ4n) is 14.2. The van der Waals surface area contributed by atoms with Crippen molar-refractivity contribution in [2.24, 2.45) is 13.0 Å². The number of fused-ring (bicyclic) bond motifs is 5. The van der Waals surface area contributed by atoms with E-state index in [0.29, 0.717) is 117 Å². The summed E-state index contributed by atoms with van der Waals surface area (Å²) in [7, 11) is 1.91. The van der Waals surface area contributed by atoms with Crippen LogP contribution in [0, 0.1) is 29.9 Å². The molecule has 0 bridgehead atoms. The summed E-state index contributed by atoms with van der Waals surface area (Å²) in [5.41, 5.74) is 3.80. The molecule has 3 aromatic carbocycles. The number of aromatic nitrogens is 5. The first-order chi connectivity index (χ1) is 38.4. The fraction of sp³-hybridized carbons (Fsp3) is 0.517. The highest BCUT2D eigenvalue weighted by molar-refractivity contribution is 6.04. The third kappa shape index (κ3) is 9.36. The molecular formula is C60H67F2N11O6. The van der Waals surface area contributed by atoms with Crippen LogP contribution in [0.5, 0.6) is 6.01 Å². The first kappa shape index (κ1) is 51.4. The molecule has 0 aliphatic carbocycles. The van der Waals surface area contributed by atoms with Gasteiger partial charge in [-0.15, -0.1) is 6.42 Å². The molecule has 13 rings (SSSR count). The lowest BCUT2D eigenvalue weighted by Crippen LogP contribution is -2.54. The predicted octanol–water partition coefficient (Wildman–Crippen LogP) is 7.49.